The van der Waals surface area contributed by atoms with Crippen molar-refractivity contribution in [3.8, 4) is 23.0 Å². The standard InChI is InChI=1S/C24H24O8/c1-12(25)31-19-6-5-14(8-20(19)28-3)23-16-10-22(32-13(2)26)21(29-4)9-15(16)7-17-18(23)11-30-24(17)27/h5-6,8-10,17-18,23H,7,11H2,1-4H3/t17-,18-,23-/m0/s1. The van der Waals surface area contributed by atoms with Crippen molar-refractivity contribution < 1.29 is 38.1 Å². The molecule has 2 aromatic rings. The van der Waals surface area contributed by atoms with Crippen molar-refractivity contribution in [2.24, 2.45) is 11.8 Å². The molecule has 2 aromatic carbocycles. The molecule has 0 bridgehead atoms. The first kappa shape index (κ1) is 21.7. The van der Waals surface area contributed by atoms with Gasteiger partial charge in [-0.15, -0.1) is 0 Å². The predicted octanol–water partition coefficient (Wildman–Crippen LogP) is 3.03. The Labute approximate surface area is 185 Å². The third-order valence-corrected chi connectivity index (χ3v) is 5.92. The summed E-state index contributed by atoms with van der Waals surface area (Å²) < 4.78 is 26.9. The quantitative estimate of drug-likeness (QED) is 0.517. The number of fused-ring (bicyclic) bond motifs is 2. The summed E-state index contributed by atoms with van der Waals surface area (Å²) in [6.07, 6.45) is 0.509. The highest BCUT2D eigenvalue weighted by molar-refractivity contribution is 5.77. The molecule has 1 aliphatic heterocycles. The number of benzene rings is 2. The fraction of sp³-hybridized carbons (Fsp3) is 0.375. The van der Waals surface area contributed by atoms with Crippen LogP contribution in [0.2, 0.25) is 0 Å². The second-order valence-electron chi connectivity index (χ2n) is 7.88. The number of carbonyl (C=O) groups excluding carboxylic acids is 3. The van der Waals surface area contributed by atoms with Crippen LogP contribution in [0.3, 0.4) is 0 Å². The van der Waals surface area contributed by atoms with Gasteiger partial charge in [-0.05, 0) is 47.4 Å². The highest BCUT2D eigenvalue weighted by atomic mass is 16.6. The van der Waals surface area contributed by atoms with Crippen molar-refractivity contribution in [3.05, 3.63) is 47.0 Å². The fourth-order valence-corrected chi connectivity index (χ4v) is 4.63. The second-order valence-corrected chi connectivity index (χ2v) is 7.88. The molecule has 0 spiro atoms. The number of carbonyl (C=O) groups is 3. The molecule has 0 unspecified atom stereocenters. The van der Waals surface area contributed by atoms with Gasteiger partial charge in [0.05, 0.1) is 26.7 Å². The van der Waals surface area contributed by atoms with Crippen molar-refractivity contribution in [1.82, 2.24) is 0 Å². The lowest BCUT2D eigenvalue weighted by atomic mass is 9.67. The van der Waals surface area contributed by atoms with E-state index in [4.69, 9.17) is 23.7 Å². The van der Waals surface area contributed by atoms with Crippen LogP contribution in [0.25, 0.3) is 0 Å². The van der Waals surface area contributed by atoms with Crippen molar-refractivity contribution in [2.75, 3.05) is 20.8 Å². The second kappa shape index (κ2) is 8.53. The summed E-state index contributed by atoms with van der Waals surface area (Å²) in [7, 11) is 3.00. The largest absolute Gasteiger partial charge is 0.493 e. The Hall–Kier alpha value is -3.55. The lowest BCUT2D eigenvalue weighted by Crippen LogP contribution is -2.31. The normalized spacial score (nSPS) is 21.1. The highest BCUT2D eigenvalue weighted by Gasteiger charge is 2.47. The van der Waals surface area contributed by atoms with Gasteiger partial charge in [0, 0.05) is 25.7 Å². The maximum Gasteiger partial charge on any atom is 0.309 e. The Balaban J connectivity index is 1.86. The van der Waals surface area contributed by atoms with Gasteiger partial charge in [0.2, 0.25) is 0 Å². The third kappa shape index (κ3) is 3.88. The minimum atomic E-state index is -0.458. The minimum Gasteiger partial charge on any atom is -0.493 e. The van der Waals surface area contributed by atoms with E-state index in [1.165, 1.54) is 28.1 Å². The molecule has 1 heterocycles. The van der Waals surface area contributed by atoms with Crippen LogP contribution >= 0.6 is 0 Å². The molecule has 168 valence electrons. The van der Waals surface area contributed by atoms with Crippen LogP contribution in [0.1, 0.15) is 36.5 Å². The van der Waals surface area contributed by atoms with E-state index in [0.29, 0.717) is 29.4 Å². The van der Waals surface area contributed by atoms with E-state index in [2.05, 4.69) is 0 Å². The van der Waals surface area contributed by atoms with Crippen LogP contribution in [0.4, 0.5) is 0 Å². The summed E-state index contributed by atoms with van der Waals surface area (Å²) in [5.41, 5.74) is 2.71. The van der Waals surface area contributed by atoms with Crippen molar-refractivity contribution >= 4 is 17.9 Å². The molecule has 32 heavy (non-hydrogen) atoms. The number of ether oxygens (including phenoxy) is 5. The highest BCUT2D eigenvalue weighted by Crippen LogP contribution is 2.50. The minimum absolute atomic E-state index is 0.0992. The zero-order chi connectivity index (χ0) is 23.0. The predicted molar refractivity (Wildman–Crippen MR) is 112 cm³/mol. The Kier molecular flexibility index (Phi) is 5.78. The van der Waals surface area contributed by atoms with Gasteiger partial charge in [-0.1, -0.05) is 6.07 Å². The van der Waals surface area contributed by atoms with Gasteiger partial charge in [0.25, 0.3) is 0 Å². The number of methoxy groups -OCH3 is 2. The van der Waals surface area contributed by atoms with Crippen LogP contribution < -0.4 is 18.9 Å². The summed E-state index contributed by atoms with van der Waals surface area (Å²) >= 11 is 0. The Morgan fingerprint density at radius 3 is 2.22 bits per heavy atom. The van der Waals surface area contributed by atoms with E-state index in [9.17, 15) is 14.4 Å². The summed E-state index contributed by atoms with van der Waals surface area (Å²) in [6.45, 7) is 2.94. The van der Waals surface area contributed by atoms with Crippen LogP contribution in [0.15, 0.2) is 30.3 Å². The third-order valence-electron chi connectivity index (χ3n) is 5.92. The molecule has 8 nitrogen and oxygen atoms in total. The lowest BCUT2D eigenvalue weighted by Gasteiger charge is -2.34. The van der Waals surface area contributed by atoms with E-state index in [1.54, 1.807) is 18.2 Å². The molecule has 0 aromatic heterocycles. The average Bonchev–Trinajstić information content (AvgIpc) is 3.11. The molecule has 3 atom stereocenters. The van der Waals surface area contributed by atoms with Crippen molar-refractivity contribution in [2.45, 2.75) is 26.2 Å². The fourth-order valence-electron chi connectivity index (χ4n) is 4.63. The molecular weight excluding hydrogens is 416 g/mol. The van der Waals surface area contributed by atoms with E-state index in [1.807, 2.05) is 12.1 Å². The molecular formula is C24H24O8. The van der Waals surface area contributed by atoms with Crippen LogP contribution in [-0.2, 0) is 25.5 Å². The molecule has 2 aliphatic rings. The first-order valence-corrected chi connectivity index (χ1v) is 10.2. The molecule has 0 radical (unpaired) electrons. The van der Waals surface area contributed by atoms with E-state index >= 15 is 0 Å². The molecule has 0 amide bonds. The number of esters is 3. The number of cyclic esters (lactones) is 1. The molecule has 0 saturated carbocycles. The molecule has 1 fully saturated rings. The molecule has 4 rings (SSSR count). The van der Waals surface area contributed by atoms with Crippen LogP contribution in [0, 0.1) is 11.8 Å². The number of hydrogen-bond donors (Lipinski definition) is 0. The zero-order valence-corrected chi connectivity index (χ0v) is 18.3. The van der Waals surface area contributed by atoms with Gasteiger partial charge in [-0.2, -0.15) is 0 Å². The molecule has 0 N–H and O–H groups in total. The first-order chi connectivity index (χ1) is 15.3. The maximum absolute atomic E-state index is 12.5. The van der Waals surface area contributed by atoms with Crippen molar-refractivity contribution in [3.63, 3.8) is 0 Å². The monoisotopic (exact) mass is 440 g/mol. The van der Waals surface area contributed by atoms with Crippen molar-refractivity contribution in [1.29, 1.82) is 0 Å². The molecule has 1 aliphatic carbocycles. The number of rotatable bonds is 5. The Morgan fingerprint density at radius 1 is 0.906 bits per heavy atom. The first-order valence-electron chi connectivity index (χ1n) is 10.2. The van der Waals surface area contributed by atoms with Crippen LogP contribution in [-0.4, -0.2) is 38.7 Å². The SMILES string of the molecule is COc1cc([C@H]2c3cc(OC(C)=O)c(OC)cc3C[C@@H]3C(=O)OC[C@H]23)ccc1OC(C)=O. The lowest BCUT2D eigenvalue weighted by molar-refractivity contribution is -0.141. The van der Waals surface area contributed by atoms with Gasteiger partial charge < -0.3 is 23.7 Å². The topological polar surface area (TPSA) is 97.4 Å². The van der Waals surface area contributed by atoms with Crippen LogP contribution in [0.5, 0.6) is 23.0 Å². The Morgan fingerprint density at radius 2 is 1.56 bits per heavy atom. The van der Waals surface area contributed by atoms with E-state index in [-0.39, 0.29) is 30.3 Å². The summed E-state index contributed by atoms with van der Waals surface area (Å²) in [5, 5.41) is 0. The van der Waals surface area contributed by atoms with E-state index < -0.39 is 11.9 Å². The summed E-state index contributed by atoms with van der Waals surface area (Å²) in [6, 6.07) is 8.93. The van der Waals surface area contributed by atoms with Gasteiger partial charge in [0.15, 0.2) is 23.0 Å². The van der Waals surface area contributed by atoms with Gasteiger partial charge in [-0.3, -0.25) is 14.4 Å². The van der Waals surface area contributed by atoms with E-state index in [0.717, 1.165) is 16.7 Å². The zero-order valence-electron chi connectivity index (χ0n) is 18.3. The van der Waals surface area contributed by atoms with Gasteiger partial charge >= 0.3 is 17.9 Å². The molecule has 1 saturated heterocycles. The van der Waals surface area contributed by atoms with Gasteiger partial charge in [-0.25, -0.2) is 0 Å². The average molecular weight is 440 g/mol. The summed E-state index contributed by atoms with van der Waals surface area (Å²) in [5.74, 6) is -0.305. The number of hydrogen-bond acceptors (Lipinski definition) is 8. The maximum atomic E-state index is 12.5. The van der Waals surface area contributed by atoms with Gasteiger partial charge in [0.1, 0.15) is 0 Å². The Bertz CT molecular complexity index is 1090. The molecule has 8 heteroatoms. The smallest absolute Gasteiger partial charge is 0.309 e. The summed E-state index contributed by atoms with van der Waals surface area (Å²) in [4.78, 5) is 35.5.